The van der Waals surface area contributed by atoms with Crippen molar-refractivity contribution < 1.29 is 27.5 Å². The number of cyclic esters (lactones) is 1. The van der Waals surface area contributed by atoms with Gasteiger partial charge < -0.3 is 19.7 Å². The van der Waals surface area contributed by atoms with Gasteiger partial charge in [0.15, 0.2) is 11.2 Å². The van der Waals surface area contributed by atoms with Gasteiger partial charge in [0.25, 0.3) is 0 Å². The number of primary sulfonamides is 1. The maximum atomic E-state index is 12.7. The normalized spacial score (nSPS) is 18.8. The van der Waals surface area contributed by atoms with Crippen molar-refractivity contribution in [1.29, 1.82) is 0 Å². The first-order valence-electron chi connectivity index (χ1n) is 11.1. The minimum Gasteiger partial charge on any atom is -0.459 e. The second-order valence-corrected chi connectivity index (χ2v) is 10.3. The molecule has 35 heavy (non-hydrogen) atoms. The van der Waals surface area contributed by atoms with Gasteiger partial charge >= 0.3 is 12.1 Å². The van der Waals surface area contributed by atoms with E-state index in [1.807, 2.05) is 35.2 Å². The second kappa shape index (κ2) is 10.6. The Morgan fingerprint density at radius 2 is 1.77 bits per heavy atom. The first kappa shape index (κ1) is 24.9. The minimum atomic E-state index is -3.76. The topological polar surface area (TPSA) is 131 Å². The number of carbonyl (C=O) groups is 2. The van der Waals surface area contributed by atoms with E-state index in [1.165, 1.54) is 17.0 Å². The molecule has 0 spiro atoms. The summed E-state index contributed by atoms with van der Waals surface area (Å²) in [7, 11) is -3.76. The molecule has 0 bridgehead atoms. The summed E-state index contributed by atoms with van der Waals surface area (Å²) in [5.74, 6) is -0.484. The number of sulfonamides is 1. The zero-order valence-electron chi connectivity index (χ0n) is 18.8. The number of ether oxygens (including phenoxy) is 2. The molecule has 0 aliphatic carbocycles. The molecule has 0 radical (unpaired) electrons. The van der Waals surface area contributed by atoms with E-state index in [9.17, 15) is 18.0 Å². The highest BCUT2D eigenvalue weighted by Gasteiger charge is 2.44. The maximum absolute atomic E-state index is 12.7. The molecule has 2 aromatic rings. The average Bonchev–Trinajstić information content (AvgIpc) is 3.24. The fraction of sp³-hybridized carbons (Fsp3) is 0.348. The van der Waals surface area contributed by atoms with Crippen LogP contribution in [0.1, 0.15) is 18.4 Å². The van der Waals surface area contributed by atoms with E-state index in [1.54, 1.807) is 12.1 Å². The van der Waals surface area contributed by atoms with Crippen LogP contribution in [0.3, 0.4) is 0 Å². The number of esters is 1. The molecule has 186 valence electrons. The first-order valence-corrected chi connectivity index (χ1v) is 13.0. The van der Waals surface area contributed by atoms with Gasteiger partial charge in [0.2, 0.25) is 10.0 Å². The molecular formula is C23H26N4O6S2. The fourth-order valence-electron chi connectivity index (χ4n) is 4.12. The number of thiocarbonyl (C=S) groups is 1. The third-order valence-corrected chi connectivity index (χ3v) is 7.28. The highest BCUT2D eigenvalue weighted by Crippen LogP contribution is 2.25. The molecular weight excluding hydrogens is 492 g/mol. The van der Waals surface area contributed by atoms with Crippen molar-refractivity contribution in [2.75, 3.05) is 25.0 Å². The number of carbonyl (C=O) groups excluding carboxylic acids is 2. The number of amides is 1. The number of anilines is 1. The summed E-state index contributed by atoms with van der Waals surface area (Å²) in [6.45, 7) is 1.25. The average molecular weight is 519 g/mol. The Labute approximate surface area is 209 Å². The number of hydrogen-bond acceptors (Lipinski definition) is 7. The van der Waals surface area contributed by atoms with Gasteiger partial charge in [0.05, 0.1) is 4.90 Å². The zero-order valence-corrected chi connectivity index (χ0v) is 20.5. The molecule has 0 saturated carbocycles. The molecule has 12 heteroatoms. The lowest BCUT2D eigenvalue weighted by atomic mass is 10.0. The van der Waals surface area contributed by atoms with Crippen LogP contribution >= 0.6 is 12.2 Å². The van der Waals surface area contributed by atoms with Gasteiger partial charge in [-0.25, -0.2) is 23.1 Å². The van der Waals surface area contributed by atoms with Crippen LogP contribution in [0.25, 0.3) is 0 Å². The van der Waals surface area contributed by atoms with Crippen molar-refractivity contribution in [3.8, 4) is 0 Å². The van der Waals surface area contributed by atoms with E-state index in [4.69, 9.17) is 26.8 Å². The second-order valence-electron chi connectivity index (χ2n) is 8.31. The molecule has 2 aliphatic rings. The van der Waals surface area contributed by atoms with Crippen LogP contribution in [-0.2, 0) is 30.9 Å². The van der Waals surface area contributed by atoms with E-state index in [0.717, 1.165) is 5.56 Å². The lowest BCUT2D eigenvalue weighted by Gasteiger charge is -2.38. The van der Waals surface area contributed by atoms with Crippen molar-refractivity contribution in [3.05, 3.63) is 60.2 Å². The van der Waals surface area contributed by atoms with E-state index >= 15 is 0 Å². The van der Waals surface area contributed by atoms with Crippen molar-refractivity contribution in [1.82, 2.24) is 9.80 Å². The fourth-order valence-corrected chi connectivity index (χ4v) is 4.94. The Morgan fingerprint density at radius 1 is 1.11 bits per heavy atom. The molecule has 2 fully saturated rings. The summed E-state index contributed by atoms with van der Waals surface area (Å²) in [6.07, 6.45) is 0.689. The largest absolute Gasteiger partial charge is 0.459 e. The first-order chi connectivity index (χ1) is 16.7. The monoisotopic (exact) mass is 518 g/mol. The summed E-state index contributed by atoms with van der Waals surface area (Å²) in [5, 5.41) is 8.69. The van der Waals surface area contributed by atoms with Gasteiger partial charge in [0.1, 0.15) is 13.2 Å². The predicted molar refractivity (Wildman–Crippen MR) is 132 cm³/mol. The van der Waals surface area contributed by atoms with E-state index in [0.29, 0.717) is 36.7 Å². The van der Waals surface area contributed by atoms with Crippen LogP contribution in [0.2, 0.25) is 0 Å². The van der Waals surface area contributed by atoms with Crippen LogP contribution in [-0.4, -0.2) is 67.2 Å². The maximum Gasteiger partial charge on any atom is 0.410 e. The summed E-state index contributed by atoms with van der Waals surface area (Å²) in [5.41, 5.74) is 1.50. The van der Waals surface area contributed by atoms with Crippen LogP contribution in [0.4, 0.5) is 10.5 Å². The third kappa shape index (κ3) is 6.08. The highest BCUT2D eigenvalue weighted by atomic mass is 32.2. The van der Waals surface area contributed by atoms with Crippen molar-refractivity contribution in [3.63, 3.8) is 0 Å². The van der Waals surface area contributed by atoms with Gasteiger partial charge in [-0.1, -0.05) is 30.3 Å². The van der Waals surface area contributed by atoms with Gasteiger partial charge in [0, 0.05) is 24.8 Å². The van der Waals surface area contributed by atoms with Crippen LogP contribution in [0.15, 0.2) is 59.5 Å². The van der Waals surface area contributed by atoms with Gasteiger partial charge in [-0.15, -0.1) is 0 Å². The lowest BCUT2D eigenvalue weighted by Crippen LogP contribution is -2.52. The molecule has 2 heterocycles. The summed E-state index contributed by atoms with van der Waals surface area (Å²) in [4.78, 5) is 28.6. The van der Waals surface area contributed by atoms with Gasteiger partial charge in [-0.2, -0.15) is 0 Å². The predicted octanol–water partition coefficient (Wildman–Crippen LogP) is 2.06. The minimum absolute atomic E-state index is 0.0177. The van der Waals surface area contributed by atoms with Gasteiger partial charge in [-0.3, -0.25) is 4.90 Å². The molecule has 1 amide bonds. The van der Waals surface area contributed by atoms with E-state index in [-0.39, 0.29) is 24.2 Å². The molecule has 0 aromatic heterocycles. The molecule has 3 N–H and O–H groups in total. The number of nitrogens with one attached hydrogen (secondary N) is 1. The molecule has 1 atom stereocenters. The number of rotatable bonds is 6. The Morgan fingerprint density at radius 3 is 2.40 bits per heavy atom. The SMILES string of the molecule is NS(=O)(=O)c1ccc(NC(=S)N2CCC(N3C(=O)OCC3C(=O)OCc3ccccc3)CC2)cc1. The number of nitrogens with zero attached hydrogens (tertiary/aromatic N) is 2. The Bertz CT molecular complexity index is 1180. The number of piperidine rings is 1. The Balaban J connectivity index is 1.30. The number of likely N-dealkylation sites (tertiary alicyclic amines) is 1. The number of benzene rings is 2. The number of nitrogens with two attached hydrogens (primary N) is 1. The molecule has 1 unspecified atom stereocenters. The van der Waals surface area contributed by atoms with E-state index < -0.39 is 28.1 Å². The zero-order chi connectivity index (χ0) is 25.0. The molecule has 2 aromatic carbocycles. The summed E-state index contributed by atoms with van der Waals surface area (Å²) >= 11 is 5.50. The lowest BCUT2D eigenvalue weighted by molar-refractivity contribution is -0.150. The van der Waals surface area contributed by atoms with Crippen LogP contribution in [0, 0.1) is 0 Å². The molecule has 2 aliphatic heterocycles. The Kier molecular flexibility index (Phi) is 7.53. The molecule has 10 nitrogen and oxygen atoms in total. The number of hydrogen-bond donors (Lipinski definition) is 2. The van der Waals surface area contributed by atoms with Crippen molar-refractivity contribution >= 4 is 45.1 Å². The third-order valence-electron chi connectivity index (χ3n) is 5.99. The Hall–Kier alpha value is -3.22. The molecule has 2 saturated heterocycles. The standard InChI is InChI=1S/C23H26N4O6S2/c24-35(30,31)19-8-6-17(7-9-19)25-22(34)26-12-10-18(11-13-26)27-20(15-33-23(27)29)21(28)32-14-16-4-2-1-3-5-16/h1-9,18,20H,10-15H2,(H,25,34)(H2,24,30,31). The van der Waals surface area contributed by atoms with Gasteiger partial charge in [-0.05, 0) is 54.9 Å². The quantitative estimate of drug-likeness (QED) is 0.436. The van der Waals surface area contributed by atoms with Crippen molar-refractivity contribution in [2.24, 2.45) is 5.14 Å². The summed E-state index contributed by atoms with van der Waals surface area (Å²) in [6, 6.07) is 14.4. The van der Waals surface area contributed by atoms with Crippen LogP contribution < -0.4 is 10.5 Å². The van der Waals surface area contributed by atoms with E-state index in [2.05, 4.69) is 5.32 Å². The summed E-state index contributed by atoms with van der Waals surface area (Å²) < 4.78 is 33.4. The van der Waals surface area contributed by atoms with Crippen LogP contribution in [0.5, 0.6) is 0 Å². The highest BCUT2D eigenvalue weighted by molar-refractivity contribution is 7.89. The van der Waals surface area contributed by atoms with Crippen molar-refractivity contribution in [2.45, 2.75) is 36.4 Å². The smallest absolute Gasteiger partial charge is 0.410 e. The molecule has 4 rings (SSSR count).